The lowest BCUT2D eigenvalue weighted by molar-refractivity contribution is -0.389. The molecule has 1 saturated carbocycles. The van der Waals surface area contributed by atoms with Gasteiger partial charge in [0.25, 0.3) is 4.96 Å². The first-order valence-corrected chi connectivity index (χ1v) is 8.65. The Morgan fingerprint density at radius 3 is 3.00 bits per heavy atom. The maximum atomic E-state index is 11.2. The predicted molar refractivity (Wildman–Crippen MR) is 82.9 cm³/mol. The maximum absolute atomic E-state index is 11.2. The number of thioether (sulfide) groups is 1. The molecular weight excluding hydrogens is 296 g/mol. The van der Waals surface area contributed by atoms with Crippen molar-refractivity contribution in [1.82, 2.24) is 9.38 Å². The van der Waals surface area contributed by atoms with Crippen molar-refractivity contribution in [1.29, 1.82) is 0 Å². The summed E-state index contributed by atoms with van der Waals surface area (Å²) in [4.78, 5) is 15.9. The van der Waals surface area contributed by atoms with Crippen LogP contribution in [0.1, 0.15) is 25.7 Å². The van der Waals surface area contributed by atoms with Crippen LogP contribution in [0.2, 0.25) is 0 Å². The molecule has 8 heteroatoms. The number of nitro groups is 1. The van der Waals surface area contributed by atoms with Crippen molar-refractivity contribution in [3.05, 3.63) is 21.7 Å². The van der Waals surface area contributed by atoms with Gasteiger partial charge in [-0.1, -0.05) is 24.2 Å². The average Bonchev–Trinajstić information content (AvgIpc) is 3.11. The van der Waals surface area contributed by atoms with E-state index in [1.165, 1.54) is 28.6 Å². The summed E-state index contributed by atoms with van der Waals surface area (Å²) in [6.45, 7) is 0.736. The zero-order valence-electron chi connectivity index (χ0n) is 11.2. The van der Waals surface area contributed by atoms with Gasteiger partial charge in [-0.25, -0.2) is 0 Å². The minimum atomic E-state index is -0.366. The van der Waals surface area contributed by atoms with Crippen LogP contribution in [0.15, 0.2) is 11.6 Å². The molecule has 2 aromatic heterocycles. The average molecular weight is 312 g/mol. The fraction of sp³-hybridized carbons (Fsp3) is 0.583. The van der Waals surface area contributed by atoms with E-state index in [0.29, 0.717) is 10.8 Å². The Bertz CT molecular complexity index is 630. The van der Waals surface area contributed by atoms with E-state index in [4.69, 9.17) is 0 Å². The summed E-state index contributed by atoms with van der Waals surface area (Å²) in [6.07, 6.45) is 8.61. The predicted octanol–water partition coefficient (Wildman–Crippen LogP) is 3.39. The van der Waals surface area contributed by atoms with Gasteiger partial charge in [0.1, 0.15) is 6.20 Å². The van der Waals surface area contributed by atoms with Crippen LogP contribution in [0.3, 0.4) is 0 Å². The Balaban J connectivity index is 1.85. The highest BCUT2D eigenvalue weighted by atomic mass is 32.2. The van der Waals surface area contributed by atoms with Crippen molar-refractivity contribution in [2.24, 2.45) is 0 Å². The van der Waals surface area contributed by atoms with E-state index < -0.39 is 0 Å². The number of rotatable bonds is 5. The molecule has 6 nitrogen and oxygen atoms in total. The molecule has 0 atom stereocenters. The van der Waals surface area contributed by atoms with Crippen LogP contribution in [-0.4, -0.2) is 31.9 Å². The standard InChI is InChI=1S/C12H16N4O2S2/c1-19-12(4-2-3-5-12)8-13-9-10(16(17)18)15-6-7-20-11(15)14-9/h6-7,13H,2-5,8H2,1H3. The Morgan fingerprint density at radius 2 is 2.35 bits per heavy atom. The fourth-order valence-electron chi connectivity index (χ4n) is 2.78. The molecule has 3 rings (SSSR count). The molecule has 1 N–H and O–H groups in total. The largest absolute Gasteiger partial charge is 0.372 e. The van der Waals surface area contributed by atoms with Crippen LogP contribution in [0.25, 0.3) is 4.96 Å². The number of hydrogen-bond donors (Lipinski definition) is 1. The van der Waals surface area contributed by atoms with Crippen LogP contribution in [0.4, 0.5) is 11.6 Å². The minimum absolute atomic E-state index is 0.0375. The van der Waals surface area contributed by atoms with E-state index in [-0.39, 0.29) is 15.5 Å². The monoisotopic (exact) mass is 312 g/mol. The summed E-state index contributed by atoms with van der Waals surface area (Å²) in [7, 11) is 0. The first-order valence-electron chi connectivity index (χ1n) is 6.54. The van der Waals surface area contributed by atoms with E-state index >= 15 is 0 Å². The molecule has 0 saturated heterocycles. The van der Waals surface area contributed by atoms with Crippen LogP contribution >= 0.6 is 23.1 Å². The normalized spacial score (nSPS) is 17.6. The maximum Gasteiger partial charge on any atom is 0.372 e. The zero-order chi connectivity index (χ0) is 14.2. The SMILES string of the molecule is CSC1(CNc2nc3sccn3c2[N+](=O)[O-])CCCC1. The Labute approximate surface area is 124 Å². The Kier molecular flexibility index (Phi) is 3.59. The third-order valence-corrected chi connectivity index (χ3v) is 6.11. The van der Waals surface area contributed by atoms with Crippen LogP contribution in [-0.2, 0) is 0 Å². The molecule has 0 bridgehead atoms. The number of nitrogens with zero attached hydrogens (tertiary/aromatic N) is 3. The van der Waals surface area contributed by atoms with Gasteiger partial charge in [0.05, 0.1) is 0 Å². The third-order valence-electron chi connectivity index (χ3n) is 3.94. The first-order chi connectivity index (χ1) is 9.65. The second-order valence-corrected chi connectivity index (χ2v) is 7.19. The number of thiazole rings is 1. The van der Waals surface area contributed by atoms with Crippen molar-refractivity contribution >= 4 is 39.7 Å². The molecule has 20 heavy (non-hydrogen) atoms. The van der Waals surface area contributed by atoms with E-state index in [1.807, 2.05) is 11.8 Å². The smallest absolute Gasteiger partial charge is 0.362 e. The van der Waals surface area contributed by atoms with Crippen LogP contribution in [0, 0.1) is 10.1 Å². The molecule has 0 amide bonds. The van der Waals surface area contributed by atoms with Gasteiger partial charge in [-0.15, -0.1) is 0 Å². The molecule has 0 spiro atoms. The molecule has 0 aliphatic heterocycles. The van der Waals surface area contributed by atoms with Gasteiger partial charge in [0.2, 0.25) is 5.82 Å². The van der Waals surface area contributed by atoms with Gasteiger partial charge < -0.3 is 15.4 Å². The number of anilines is 1. The molecular formula is C12H16N4O2S2. The van der Waals surface area contributed by atoms with Crippen LogP contribution < -0.4 is 5.32 Å². The van der Waals surface area contributed by atoms with Gasteiger partial charge in [0, 0.05) is 16.7 Å². The second-order valence-electron chi connectivity index (χ2n) is 5.04. The van der Waals surface area contributed by atoms with E-state index in [2.05, 4.69) is 16.6 Å². The first kappa shape index (κ1) is 13.7. The highest BCUT2D eigenvalue weighted by Crippen LogP contribution is 2.40. The summed E-state index contributed by atoms with van der Waals surface area (Å²) >= 11 is 3.26. The van der Waals surface area contributed by atoms with Crippen molar-refractivity contribution in [3.8, 4) is 0 Å². The molecule has 1 fully saturated rings. The lowest BCUT2D eigenvalue weighted by Crippen LogP contribution is -2.30. The van der Waals surface area contributed by atoms with Crippen molar-refractivity contribution < 1.29 is 4.92 Å². The van der Waals surface area contributed by atoms with Gasteiger partial charge in [-0.05, 0) is 24.0 Å². The number of hydrogen-bond acceptors (Lipinski definition) is 6. The minimum Gasteiger partial charge on any atom is -0.362 e. The van der Waals surface area contributed by atoms with E-state index in [1.54, 1.807) is 11.6 Å². The van der Waals surface area contributed by atoms with Crippen molar-refractivity contribution in [3.63, 3.8) is 0 Å². The topological polar surface area (TPSA) is 72.5 Å². The number of fused-ring (bicyclic) bond motifs is 1. The summed E-state index contributed by atoms with van der Waals surface area (Å²) in [5.74, 6) is 0.428. The number of nitrogens with one attached hydrogen (secondary N) is 1. The molecule has 0 unspecified atom stereocenters. The van der Waals surface area contributed by atoms with E-state index in [9.17, 15) is 10.1 Å². The number of imidazole rings is 1. The zero-order valence-corrected chi connectivity index (χ0v) is 12.8. The second kappa shape index (κ2) is 5.25. The van der Waals surface area contributed by atoms with Crippen molar-refractivity contribution in [2.75, 3.05) is 18.1 Å². The molecule has 1 aliphatic rings. The van der Waals surface area contributed by atoms with Gasteiger partial charge in [-0.2, -0.15) is 21.1 Å². The van der Waals surface area contributed by atoms with Gasteiger partial charge in [-0.3, -0.25) is 0 Å². The van der Waals surface area contributed by atoms with Crippen molar-refractivity contribution in [2.45, 2.75) is 30.4 Å². The summed E-state index contributed by atoms with van der Waals surface area (Å²) < 4.78 is 1.73. The molecule has 0 aromatic carbocycles. The lowest BCUT2D eigenvalue weighted by atomic mass is 10.1. The molecule has 1 aliphatic carbocycles. The molecule has 2 aromatic rings. The summed E-state index contributed by atoms with van der Waals surface area (Å²) in [6, 6.07) is 0. The fourth-order valence-corrected chi connectivity index (χ4v) is 4.41. The number of aromatic nitrogens is 2. The molecule has 108 valence electrons. The lowest BCUT2D eigenvalue weighted by Gasteiger charge is -2.26. The quantitative estimate of drug-likeness (QED) is 0.677. The van der Waals surface area contributed by atoms with Gasteiger partial charge in [0.15, 0.2) is 0 Å². The highest BCUT2D eigenvalue weighted by Gasteiger charge is 2.34. The molecule has 2 heterocycles. The molecule has 0 radical (unpaired) electrons. The third kappa shape index (κ3) is 2.26. The van der Waals surface area contributed by atoms with E-state index in [0.717, 1.165) is 19.4 Å². The van der Waals surface area contributed by atoms with Gasteiger partial charge >= 0.3 is 5.82 Å². The Morgan fingerprint density at radius 1 is 1.60 bits per heavy atom. The summed E-state index contributed by atoms with van der Waals surface area (Å²) in [5, 5.41) is 16.3. The summed E-state index contributed by atoms with van der Waals surface area (Å²) in [5.41, 5.74) is 0. The van der Waals surface area contributed by atoms with Crippen LogP contribution in [0.5, 0.6) is 0 Å². The Hall–Kier alpha value is -1.28. The highest BCUT2D eigenvalue weighted by molar-refractivity contribution is 8.00.